The van der Waals surface area contributed by atoms with Crippen molar-refractivity contribution in [3.05, 3.63) is 119 Å². The van der Waals surface area contributed by atoms with Crippen molar-refractivity contribution in [2.24, 2.45) is 0 Å². The summed E-state index contributed by atoms with van der Waals surface area (Å²) in [7, 11) is 1.47. The number of hydrogen-bond donors (Lipinski definition) is 1. The molecule has 8 heteroatoms. The number of nitrogens with zero attached hydrogens (tertiary/aromatic N) is 2. The molecule has 1 N–H and O–H groups in total. The first-order valence-electron chi connectivity index (χ1n) is 11.6. The maximum Gasteiger partial charge on any atom is 0.261 e. The smallest absolute Gasteiger partial charge is 0.261 e. The van der Waals surface area contributed by atoms with Crippen LogP contribution in [0.15, 0.2) is 91.1 Å². The highest BCUT2D eigenvalue weighted by molar-refractivity contribution is 6.21. The highest BCUT2D eigenvalue weighted by atomic mass is 16.5. The van der Waals surface area contributed by atoms with Gasteiger partial charge in [0.25, 0.3) is 17.7 Å². The van der Waals surface area contributed by atoms with Crippen LogP contribution in [0, 0.1) is 0 Å². The number of hydrogen-bond acceptors (Lipinski definition) is 6. The van der Waals surface area contributed by atoms with Gasteiger partial charge in [0.2, 0.25) is 0 Å². The van der Waals surface area contributed by atoms with Crippen LogP contribution in [0.4, 0.5) is 5.69 Å². The Hall–Kier alpha value is -4.98. The van der Waals surface area contributed by atoms with Crippen molar-refractivity contribution in [2.45, 2.75) is 13.2 Å². The van der Waals surface area contributed by atoms with Gasteiger partial charge in [-0.15, -0.1) is 0 Å². The molecule has 8 nitrogen and oxygen atoms in total. The predicted molar refractivity (Wildman–Crippen MR) is 137 cm³/mol. The molecule has 184 valence electrons. The van der Waals surface area contributed by atoms with E-state index in [1.165, 1.54) is 12.0 Å². The van der Waals surface area contributed by atoms with Gasteiger partial charge in [0.05, 0.1) is 36.0 Å². The second-order valence-corrected chi connectivity index (χ2v) is 8.37. The minimum atomic E-state index is -0.400. The van der Waals surface area contributed by atoms with Crippen molar-refractivity contribution in [2.75, 3.05) is 12.4 Å². The first kappa shape index (κ1) is 23.7. The molecule has 0 bridgehead atoms. The molecule has 0 aliphatic carbocycles. The van der Waals surface area contributed by atoms with Gasteiger partial charge in [-0.1, -0.05) is 30.3 Å². The molecule has 0 atom stereocenters. The number of aromatic nitrogens is 1. The number of amides is 3. The number of nitrogens with one attached hydrogen (secondary N) is 1. The molecule has 0 saturated carbocycles. The third kappa shape index (κ3) is 5.04. The SMILES string of the molecule is COc1ccc(CN2C(=O)c3ccccc3C2=O)cc1C(=O)Nc1cccc(OCc2ccccn2)c1. The number of imide groups is 1. The van der Waals surface area contributed by atoms with E-state index in [0.29, 0.717) is 40.5 Å². The van der Waals surface area contributed by atoms with Crippen molar-refractivity contribution in [3.63, 3.8) is 0 Å². The van der Waals surface area contributed by atoms with Crippen LogP contribution in [0.3, 0.4) is 0 Å². The summed E-state index contributed by atoms with van der Waals surface area (Å²) in [5.41, 5.74) is 2.98. The van der Waals surface area contributed by atoms with E-state index in [0.717, 1.165) is 5.69 Å². The Morgan fingerprint density at radius 1 is 0.892 bits per heavy atom. The van der Waals surface area contributed by atoms with Gasteiger partial charge in [0.15, 0.2) is 0 Å². The van der Waals surface area contributed by atoms with Crippen LogP contribution < -0.4 is 14.8 Å². The molecule has 1 aromatic heterocycles. The average Bonchev–Trinajstić information content (AvgIpc) is 3.17. The van der Waals surface area contributed by atoms with Gasteiger partial charge in [0.1, 0.15) is 18.1 Å². The third-order valence-electron chi connectivity index (χ3n) is 5.93. The van der Waals surface area contributed by atoms with E-state index in [2.05, 4.69) is 10.3 Å². The van der Waals surface area contributed by atoms with Crippen LogP contribution >= 0.6 is 0 Å². The quantitative estimate of drug-likeness (QED) is 0.357. The van der Waals surface area contributed by atoms with Crippen molar-refractivity contribution in [1.82, 2.24) is 9.88 Å². The molecule has 3 aromatic carbocycles. The van der Waals surface area contributed by atoms with E-state index in [1.54, 1.807) is 72.9 Å². The molecule has 1 aliphatic heterocycles. The standard InChI is InChI=1S/C29H23N3O5/c1-36-26-13-12-19(17-32-28(34)23-10-2-3-11-24(23)29(32)35)15-25(26)27(33)31-20-8-6-9-22(16-20)37-18-21-7-4-5-14-30-21/h2-16H,17-18H2,1H3,(H,31,33). The largest absolute Gasteiger partial charge is 0.496 e. The van der Waals surface area contributed by atoms with Crippen LogP contribution in [0.25, 0.3) is 0 Å². The Morgan fingerprint density at radius 2 is 1.65 bits per heavy atom. The number of benzene rings is 3. The fourth-order valence-electron chi connectivity index (χ4n) is 4.10. The number of methoxy groups -OCH3 is 1. The average molecular weight is 494 g/mol. The van der Waals surface area contributed by atoms with Gasteiger partial charge >= 0.3 is 0 Å². The molecule has 0 unspecified atom stereocenters. The molecule has 0 fully saturated rings. The highest BCUT2D eigenvalue weighted by Crippen LogP contribution is 2.27. The molecule has 0 spiro atoms. The van der Waals surface area contributed by atoms with Crippen molar-refractivity contribution < 1.29 is 23.9 Å². The van der Waals surface area contributed by atoms with E-state index in [1.807, 2.05) is 18.2 Å². The van der Waals surface area contributed by atoms with Gasteiger partial charge in [-0.3, -0.25) is 24.3 Å². The highest BCUT2D eigenvalue weighted by Gasteiger charge is 2.35. The first-order chi connectivity index (χ1) is 18.0. The van der Waals surface area contributed by atoms with Gasteiger partial charge in [-0.05, 0) is 54.1 Å². The maximum atomic E-state index is 13.2. The molecule has 4 aromatic rings. The Bertz CT molecular complexity index is 1450. The minimum absolute atomic E-state index is 0.0352. The third-order valence-corrected chi connectivity index (χ3v) is 5.93. The Kier molecular flexibility index (Phi) is 6.63. The lowest BCUT2D eigenvalue weighted by atomic mass is 10.1. The molecule has 3 amide bonds. The number of fused-ring (bicyclic) bond motifs is 1. The molecule has 5 rings (SSSR count). The summed E-state index contributed by atoms with van der Waals surface area (Å²) in [5.74, 6) is -0.168. The lowest BCUT2D eigenvalue weighted by Crippen LogP contribution is -2.29. The van der Waals surface area contributed by atoms with Crippen LogP contribution in [-0.4, -0.2) is 34.7 Å². The second kappa shape index (κ2) is 10.3. The molecule has 1 aliphatic rings. The van der Waals surface area contributed by atoms with Crippen LogP contribution in [0.2, 0.25) is 0 Å². The predicted octanol–water partition coefficient (Wildman–Crippen LogP) is 4.72. The van der Waals surface area contributed by atoms with E-state index in [4.69, 9.17) is 9.47 Å². The van der Waals surface area contributed by atoms with Crippen LogP contribution in [-0.2, 0) is 13.2 Å². The Balaban J connectivity index is 1.31. The molecule has 0 saturated heterocycles. The topological polar surface area (TPSA) is 97.8 Å². The normalized spacial score (nSPS) is 12.3. The van der Waals surface area contributed by atoms with Gasteiger partial charge in [-0.25, -0.2) is 0 Å². The van der Waals surface area contributed by atoms with Gasteiger partial charge < -0.3 is 14.8 Å². The zero-order valence-corrected chi connectivity index (χ0v) is 20.0. The summed E-state index contributed by atoms with van der Waals surface area (Å²) in [6.45, 7) is 0.333. The summed E-state index contributed by atoms with van der Waals surface area (Å²) >= 11 is 0. The fraction of sp³-hybridized carbons (Fsp3) is 0.103. The summed E-state index contributed by atoms with van der Waals surface area (Å²) in [6, 6.07) is 24.3. The molecule has 2 heterocycles. The Labute approximate surface area is 213 Å². The number of pyridine rings is 1. The minimum Gasteiger partial charge on any atom is -0.496 e. The maximum absolute atomic E-state index is 13.2. The van der Waals surface area contributed by atoms with E-state index in [9.17, 15) is 14.4 Å². The van der Waals surface area contributed by atoms with E-state index < -0.39 is 5.91 Å². The molecule has 37 heavy (non-hydrogen) atoms. The van der Waals surface area contributed by atoms with Gasteiger partial charge in [0, 0.05) is 18.0 Å². The Morgan fingerprint density at radius 3 is 2.35 bits per heavy atom. The first-order valence-corrected chi connectivity index (χ1v) is 11.6. The van der Waals surface area contributed by atoms with Crippen LogP contribution in [0.5, 0.6) is 11.5 Å². The number of carbonyl (C=O) groups is 3. The lowest BCUT2D eigenvalue weighted by Gasteiger charge is -2.16. The monoisotopic (exact) mass is 493 g/mol. The fourth-order valence-corrected chi connectivity index (χ4v) is 4.10. The second-order valence-electron chi connectivity index (χ2n) is 8.37. The summed E-state index contributed by atoms with van der Waals surface area (Å²) in [4.78, 5) is 44.1. The number of anilines is 1. The van der Waals surface area contributed by atoms with Crippen molar-refractivity contribution in [3.8, 4) is 11.5 Å². The zero-order valence-electron chi connectivity index (χ0n) is 20.0. The lowest BCUT2D eigenvalue weighted by molar-refractivity contribution is 0.0642. The summed E-state index contributed by atoms with van der Waals surface area (Å²) in [5, 5.41) is 2.86. The number of ether oxygens (including phenoxy) is 2. The van der Waals surface area contributed by atoms with E-state index in [-0.39, 0.29) is 23.9 Å². The van der Waals surface area contributed by atoms with Crippen molar-refractivity contribution >= 4 is 23.4 Å². The zero-order chi connectivity index (χ0) is 25.8. The van der Waals surface area contributed by atoms with E-state index >= 15 is 0 Å². The van der Waals surface area contributed by atoms with Crippen molar-refractivity contribution in [1.29, 1.82) is 0 Å². The molecular weight excluding hydrogens is 470 g/mol. The molecular formula is C29H23N3O5. The summed E-state index contributed by atoms with van der Waals surface area (Å²) < 4.78 is 11.2. The summed E-state index contributed by atoms with van der Waals surface area (Å²) in [6.07, 6.45) is 1.70. The van der Waals surface area contributed by atoms with Crippen LogP contribution in [0.1, 0.15) is 42.3 Å². The number of rotatable bonds is 8. The van der Waals surface area contributed by atoms with Gasteiger partial charge in [-0.2, -0.15) is 0 Å². The molecule has 0 radical (unpaired) electrons. The number of carbonyl (C=O) groups excluding carboxylic acids is 3.